The van der Waals surface area contributed by atoms with Crippen LogP contribution in [-0.2, 0) is 27.4 Å². The molecule has 37 heavy (non-hydrogen) atoms. The predicted octanol–water partition coefficient (Wildman–Crippen LogP) is 5.51. The quantitative estimate of drug-likeness (QED) is 0.167. The molecule has 3 aromatic carbocycles. The van der Waals surface area contributed by atoms with Crippen molar-refractivity contribution in [3.05, 3.63) is 96.2 Å². The molecule has 0 fully saturated rings. The minimum absolute atomic E-state index is 0.137. The molecule has 4 aromatic rings. The molecular weight excluding hydrogens is 462 g/mol. The normalized spacial score (nSPS) is 11.8. The molecule has 0 bridgehead atoms. The van der Waals surface area contributed by atoms with Gasteiger partial charge in [-0.2, -0.15) is 0 Å². The number of H-pyrrole nitrogens is 1. The molecule has 0 aliphatic carbocycles. The van der Waals surface area contributed by atoms with E-state index in [0.717, 1.165) is 58.8 Å². The second kappa shape index (κ2) is 13.4. The smallest absolute Gasteiger partial charge is 0.329 e. The number of nitrogens with one attached hydrogen (secondary N) is 2. The van der Waals surface area contributed by atoms with Gasteiger partial charge in [0.1, 0.15) is 12.6 Å². The number of benzene rings is 3. The van der Waals surface area contributed by atoms with Crippen LogP contribution < -0.4 is 11.1 Å². The zero-order valence-corrected chi connectivity index (χ0v) is 21.1. The fraction of sp³-hybridized carbons (Fsp3) is 0.290. The third-order valence-electron chi connectivity index (χ3n) is 6.52. The van der Waals surface area contributed by atoms with E-state index in [-0.39, 0.29) is 12.5 Å². The number of carbonyl (C=O) groups is 2. The molecule has 1 unspecified atom stereocenters. The largest absolute Gasteiger partial charge is 0.459 e. The maximum Gasteiger partial charge on any atom is 0.329 e. The number of hydrogen-bond acceptors (Lipinski definition) is 4. The second-order valence-electron chi connectivity index (χ2n) is 9.31. The molecule has 0 aliphatic rings. The van der Waals surface area contributed by atoms with Crippen molar-refractivity contribution in [2.45, 2.75) is 51.2 Å². The molecule has 0 radical (unpaired) electrons. The Morgan fingerprint density at radius 1 is 0.838 bits per heavy atom. The number of aromatic amines is 1. The first-order chi connectivity index (χ1) is 18.1. The molecule has 0 saturated heterocycles. The van der Waals surface area contributed by atoms with E-state index >= 15 is 0 Å². The van der Waals surface area contributed by atoms with E-state index < -0.39 is 12.0 Å². The van der Waals surface area contributed by atoms with E-state index in [4.69, 9.17) is 10.5 Å². The number of aromatic nitrogens is 1. The van der Waals surface area contributed by atoms with E-state index in [0.29, 0.717) is 19.4 Å². The predicted molar refractivity (Wildman–Crippen MR) is 148 cm³/mol. The Kier molecular flexibility index (Phi) is 9.49. The number of amides is 1. The Morgan fingerprint density at radius 2 is 1.54 bits per heavy atom. The second-order valence-corrected chi connectivity index (χ2v) is 9.31. The standard InChI is InChI=1S/C31H35N3O3/c32-19-9-2-1-6-14-30(35)34-29(20-26-21-33-28-13-8-7-12-27(26)28)31(36)37-22-23-15-17-25(18-16-23)24-10-4-3-5-11-24/h3-5,7-8,10-13,15-18,21,29,33H,1-2,6,9,14,19-20,22,32H2,(H,34,35). The van der Waals surface area contributed by atoms with Crippen LogP contribution in [0.25, 0.3) is 22.0 Å². The lowest BCUT2D eigenvalue weighted by Gasteiger charge is -2.18. The monoisotopic (exact) mass is 497 g/mol. The Morgan fingerprint density at radius 3 is 2.32 bits per heavy atom. The summed E-state index contributed by atoms with van der Waals surface area (Å²) in [6, 6.07) is 25.3. The van der Waals surface area contributed by atoms with Gasteiger partial charge in [-0.3, -0.25) is 4.79 Å². The number of ether oxygens (including phenoxy) is 1. The van der Waals surface area contributed by atoms with Crippen LogP contribution in [0.2, 0.25) is 0 Å². The highest BCUT2D eigenvalue weighted by Gasteiger charge is 2.24. The molecule has 0 spiro atoms. The van der Waals surface area contributed by atoms with Crippen molar-refractivity contribution in [1.29, 1.82) is 0 Å². The van der Waals surface area contributed by atoms with Crippen LogP contribution in [0.3, 0.4) is 0 Å². The van der Waals surface area contributed by atoms with E-state index in [2.05, 4.69) is 22.4 Å². The molecule has 4 rings (SSSR count). The molecule has 4 N–H and O–H groups in total. The lowest BCUT2D eigenvalue weighted by molar-refractivity contribution is -0.149. The first kappa shape index (κ1) is 26.2. The Labute approximate surface area is 218 Å². The topological polar surface area (TPSA) is 97.2 Å². The minimum Gasteiger partial charge on any atom is -0.459 e. The van der Waals surface area contributed by atoms with Gasteiger partial charge in [0.25, 0.3) is 0 Å². The van der Waals surface area contributed by atoms with Gasteiger partial charge in [0.2, 0.25) is 5.91 Å². The maximum absolute atomic E-state index is 13.2. The van der Waals surface area contributed by atoms with Crippen LogP contribution in [-0.4, -0.2) is 29.4 Å². The van der Waals surface area contributed by atoms with Crippen LogP contribution in [0.1, 0.15) is 43.2 Å². The number of carbonyl (C=O) groups excluding carboxylic acids is 2. The van der Waals surface area contributed by atoms with Crippen molar-refractivity contribution < 1.29 is 14.3 Å². The summed E-state index contributed by atoms with van der Waals surface area (Å²) in [6.45, 7) is 0.812. The van der Waals surface area contributed by atoms with Gasteiger partial charge < -0.3 is 20.8 Å². The highest BCUT2D eigenvalue weighted by atomic mass is 16.5. The molecule has 1 heterocycles. The van der Waals surface area contributed by atoms with Gasteiger partial charge in [0.15, 0.2) is 0 Å². The number of unbranched alkanes of at least 4 members (excludes halogenated alkanes) is 3. The number of rotatable bonds is 13. The zero-order valence-electron chi connectivity index (χ0n) is 21.1. The highest BCUT2D eigenvalue weighted by molar-refractivity contribution is 5.87. The van der Waals surface area contributed by atoms with Crippen LogP contribution >= 0.6 is 0 Å². The van der Waals surface area contributed by atoms with E-state index in [1.807, 2.05) is 72.9 Å². The minimum atomic E-state index is -0.765. The van der Waals surface area contributed by atoms with Crippen molar-refractivity contribution >= 4 is 22.8 Å². The summed E-state index contributed by atoms with van der Waals surface area (Å²) < 4.78 is 5.68. The average molecular weight is 498 g/mol. The van der Waals surface area contributed by atoms with Crippen molar-refractivity contribution in [2.24, 2.45) is 5.73 Å². The Hall–Kier alpha value is -3.90. The number of para-hydroxylation sites is 1. The van der Waals surface area contributed by atoms with Gasteiger partial charge in [-0.15, -0.1) is 0 Å². The molecule has 1 aromatic heterocycles. The SMILES string of the molecule is NCCCCCCC(=O)NC(Cc1c[nH]c2ccccc12)C(=O)OCc1ccc(-c2ccccc2)cc1. The summed E-state index contributed by atoms with van der Waals surface area (Å²) in [4.78, 5) is 29.1. The summed E-state index contributed by atoms with van der Waals surface area (Å²) in [6.07, 6.45) is 6.32. The molecule has 6 heteroatoms. The van der Waals surface area contributed by atoms with Gasteiger partial charge in [-0.05, 0) is 47.7 Å². The molecule has 0 saturated carbocycles. The van der Waals surface area contributed by atoms with Gasteiger partial charge >= 0.3 is 5.97 Å². The number of nitrogens with two attached hydrogens (primary N) is 1. The zero-order chi connectivity index (χ0) is 25.9. The van der Waals surface area contributed by atoms with Gasteiger partial charge in [-0.25, -0.2) is 4.79 Å². The van der Waals surface area contributed by atoms with Gasteiger partial charge in [0, 0.05) is 29.9 Å². The first-order valence-corrected chi connectivity index (χ1v) is 13.0. The van der Waals surface area contributed by atoms with Gasteiger partial charge in [0.05, 0.1) is 0 Å². The van der Waals surface area contributed by atoms with E-state index in [1.165, 1.54) is 0 Å². The summed E-state index contributed by atoms with van der Waals surface area (Å²) in [7, 11) is 0. The summed E-state index contributed by atoms with van der Waals surface area (Å²) in [5.41, 5.74) is 10.6. The van der Waals surface area contributed by atoms with Crippen LogP contribution in [0.5, 0.6) is 0 Å². The first-order valence-electron chi connectivity index (χ1n) is 13.0. The summed E-state index contributed by atoms with van der Waals surface area (Å²) in [5, 5.41) is 3.96. The molecule has 6 nitrogen and oxygen atoms in total. The highest BCUT2D eigenvalue weighted by Crippen LogP contribution is 2.21. The molecule has 192 valence electrons. The van der Waals surface area contributed by atoms with Gasteiger partial charge in [-0.1, -0.05) is 85.6 Å². The molecular formula is C31H35N3O3. The molecule has 0 aliphatic heterocycles. The van der Waals surface area contributed by atoms with Crippen molar-refractivity contribution in [1.82, 2.24) is 10.3 Å². The summed E-state index contributed by atoms with van der Waals surface area (Å²) in [5.74, 6) is -0.573. The van der Waals surface area contributed by atoms with Crippen LogP contribution in [0.15, 0.2) is 85.1 Å². The lowest BCUT2D eigenvalue weighted by Crippen LogP contribution is -2.43. The van der Waals surface area contributed by atoms with Crippen LogP contribution in [0, 0.1) is 0 Å². The number of hydrogen-bond donors (Lipinski definition) is 3. The fourth-order valence-electron chi connectivity index (χ4n) is 4.44. The van der Waals surface area contributed by atoms with Crippen molar-refractivity contribution in [2.75, 3.05) is 6.54 Å². The molecule has 1 amide bonds. The maximum atomic E-state index is 13.2. The van der Waals surface area contributed by atoms with Crippen molar-refractivity contribution in [3.63, 3.8) is 0 Å². The van der Waals surface area contributed by atoms with E-state index in [1.54, 1.807) is 0 Å². The van der Waals surface area contributed by atoms with Crippen LogP contribution in [0.4, 0.5) is 0 Å². The fourth-order valence-corrected chi connectivity index (χ4v) is 4.44. The lowest BCUT2D eigenvalue weighted by atomic mass is 10.0. The average Bonchev–Trinajstić information content (AvgIpc) is 3.35. The Bertz CT molecular complexity index is 1280. The molecule has 1 atom stereocenters. The van der Waals surface area contributed by atoms with E-state index in [9.17, 15) is 9.59 Å². The summed E-state index contributed by atoms with van der Waals surface area (Å²) >= 11 is 0. The third kappa shape index (κ3) is 7.54. The third-order valence-corrected chi connectivity index (χ3v) is 6.52. The number of fused-ring (bicyclic) bond motifs is 1. The Balaban J connectivity index is 1.39. The van der Waals surface area contributed by atoms with Crippen molar-refractivity contribution in [3.8, 4) is 11.1 Å². The number of esters is 1.